The molecule has 2 aliphatic rings. The first-order valence-corrected chi connectivity index (χ1v) is 8.82. The Morgan fingerprint density at radius 2 is 2.06 bits per heavy atom. The summed E-state index contributed by atoms with van der Waals surface area (Å²) in [6.45, 7) is 4.47. The molecule has 1 aliphatic heterocycles. The third kappa shape index (κ3) is 3.93. The maximum Gasteiger partial charge on any atom is 0.215 e. The molecule has 106 valence electrons. The van der Waals surface area contributed by atoms with Gasteiger partial charge in [-0.05, 0) is 44.1 Å². The second kappa shape index (κ2) is 6.35. The lowest BCUT2D eigenvalue weighted by Crippen LogP contribution is -2.45. The van der Waals surface area contributed by atoms with Crippen molar-refractivity contribution in [1.82, 2.24) is 10.0 Å². The molecule has 0 amide bonds. The van der Waals surface area contributed by atoms with Gasteiger partial charge in [-0.3, -0.25) is 0 Å². The van der Waals surface area contributed by atoms with Crippen molar-refractivity contribution in [3.8, 4) is 0 Å². The van der Waals surface area contributed by atoms with Gasteiger partial charge in [-0.25, -0.2) is 13.1 Å². The quantitative estimate of drug-likeness (QED) is 0.816. The van der Waals surface area contributed by atoms with Gasteiger partial charge in [0.15, 0.2) is 0 Å². The van der Waals surface area contributed by atoms with E-state index in [4.69, 9.17) is 0 Å². The third-order valence-electron chi connectivity index (χ3n) is 4.31. The van der Waals surface area contributed by atoms with Crippen LogP contribution in [0, 0.1) is 11.8 Å². The summed E-state index contributed by atoms with van der Waals surface area (Å²) in [4.78, 5) is 0. The van der Waals surface area contributed by atoms with Crippen LogP contribution in [-0.4, -0.2) is 33.3 Å². The summed E-state index contributed by atoms with van der Waals surface area (Å²) in [7, 11) is -3.11. The van der Waals surface area contributed by atoms with Crippen molar-refractivity contribution in [1.29, 1.82) is 0 Å². The lowest BCUT2D eigenvalue weighted by molar-refractivity contribution is 0.283. The predicted molar refractivity (Wildman–Crippen MR) is 73.9 cm³/mol. The summed E-state index contributed by atoms with van der Waals surface area (Å²) >= 11 is 0. The summed E-state index contributed by atoms with van der Waals surface area (Å²) in [5.41, 5.74) is 0. The minimum Gasteiger partial charge on any atom is -0.315 e. The molecule has 0 aromatic carbocycles. The van der Waals surface area contributed by atoms with Gasteiger partial charge in [0.2, 0.25) is 10.0 Å². The Balaban J connectivity index is 1.80. The van der Waals surface area contributed by atoms with E-state index in [2.05, 4.69) is 17.0 Å². The minimum absolute atomic E-state index is 0.229. The van der Waals surface area contributed by atoms with Crippen molar-refractivity contribution in [2.75, 3.05) is 19.6 Å². The molecule has 1 saturated carbocycles. The van der Waals surface area contributed by atoms with Crippen molar-refractivity contribution >= 4 is 10.0 Å². The number of sulfonamides is 1. The van der Waals surface area contributed by atoms with Crippen molar-refractivity contribution in [2.45, 2.75) is 50.7 Å². The van der Waals surface area contributed by atoms with Crippen LogP contribution in [0.5, 0.6) is 0 Å². The molecule has 2 rings (SSSR count). The first-order valence-electron chi connectivity index (χ1n) is 7.27. The molecule has 4 nitrogen and oxygen atoms in total. The molecule has 0 radical (unpaired) electrons. The monoisotopic (exact) mass is 274 g/mol. The summed E-state index contributed by atoms with van der Waals surface area (Å²) < 4.78 is 27.2. The first kappa shape index (κ1) is 14.3. The van der Waals surface area contributed by atoms with Crippen LogP contribution >= 0.6 is 0 Å². The molecule has 0 bridgehead atoms. The Bertz CT molecular complexity index is 350. The second-order valence-corrected chi connectivity index (χ2v) is 8.04. The minimum atomic E-state index is -3.11. The molecule has 3 unspecified atom stereocenters. The Hall–Kier alpha value is -0.130. The van der Waals surface area contributed by atoms with Gasteiger partial charge < -0.3 is 5.32 Å². The van der Waals surface area contributed by atoms with Gasteiger partial charge in [0, 0.05) is 13.1 Å². The molecule has 0 aromatic heterocycles. The van der Waals surface area contributed by atoms with Gasteiger partial charge in [0.05, 0.1) is 5.25 Å². The fraction of sp³-hybridized carbons (Fsp3) is 1.00. The number of hydrogen-bond donors (Lipinski definition) is 2. The van der Waals surface area contributed by atoms with E-state index >= 15 is 0 Å². The highest BCUT2D eigenvalue weighted by Crippen LogP contribution is 2.28. The molecule has 1 saturated heterocycles. The SMILES string of the molecule is CC1CCCC(CNS(=O)(=O)C2CCCNC2)C1. The van der Waals surface area contributed by atoms with Crippen LogP contribution in [0.25, 0.3) is 0 Å². The van der Waals surface area contributed by atoms with E-state index < -0.39 is 10.0 Å². The Kier molecular flexibility index (Phi) is 5.04. The lowest BCUT2D eigenvalue weighted by Gasteiger charge is -2.28. The maximum atomic E-state index is 12.2. The largest absolute Gasteiger partial charge is 0.315 e. The van der Waals surface area contributed by atoms with Gasteiger partial charge in [0.1, 0.15) is 0 Å². The third-order valence-corrected chi connectivity index (χ3v) is 6.16. The van der Waals surface area contributed by atoms with Crippen LogP contribution in [0.1, 0.15) is 45.4 Å². The summed E-state index contributed by atoms with van der Waals surface area (Å²) in [5, 5.41) is 2.94. The van der Waals surface area contributed by atoms with E-state index in [0.29, 0.717) is 19.0 Å². The van der Waals surface area contributed by atoms with Crippen LogP contribution in [0.3, 0.4) is 0 Å². The Labute approximate surface area is 111 Å². The summed E-state index contributed by atoms with van der Waals surface area (Å²) in [6.07, 6.45) is 6.66. The highest BCUT2D eigenvalue weighted by Gasteiger charge is 2.28. The molecular weight excluding hydrogens is 248 g/mol. The van der Waals surface area contributed by atoms with Crippen molar-refractivity contribution in [3.05, 3.63) is 0 Å². The number of hydrogen-bond acceptors (Lipinski definition) is 3. The number of nitrogens with one attached hydrogen (secondary N) is 2. The van der Waals surface area contributed by atoms with E-state index in [-0.39, 0.29) is 5.25 Å². The van der Waals surface area contributed by atoms with Crippen LogP contribution in [0.15, 0.2) is 0 Å². The van der Waals surface area contributed by atoms with Crippen LogP contribution < -0.4 is 10.0 Å². The zero-order valence-electron chi connectivity index (χ0n) is 11.3. The van der Waals surface area contributed by atoms with Gasteiger partial charge in [0.25, 0.3) is 0 Å². The molecule has 5 heteroatoms. The van der Waals surface area contributed by atoms with E-state index in [9.17, 15) is 8.42 Å². The predicted octanol–water partition coefficient (Wildman–Crippen LogP) is 1.48. The second-order valence-electron chi connectivity index (χ2n) is 6.00. The van der Waals surface area contributed by atoms with Crippen molar-refractivity contribution < 1.29 is 8.42 Å². The number of piperidine rings is 1. The number of rotatable bonds is 4. The van der Waals surface area contributed by atoms with E-state index in [0.717, 1.165) is 25.3 Å². The van der Waals surface area contributed by atoms with Crippen LogP contribution in [0.2, 0.25) is 0 Å². The summed E-state index contributed by atoms with van der Waals surface area (Å²) in [6, 6.07) is 0. The van der Waals surface area contributed by atoms with Crippen molar-refractivity contribution in [2.24, 2.45) is 11.8 Å². The Morgan fingerprint density at radius 3 is 2.72 bits per heavy atom. The fourth-order valence-electron chi connectivity index (χ4n) is 3.18. The first-order chi connectivity index (χ1) is 8.58. The van der Waals surface area contributed by atoms with Gasteiger partial charge in [-0.15, -0.1) is 0 Å². The lowest BCUT2D eigenvalue weighted by atomic mass is 9.83. The van der Waals surface area contributed by atoms with E-state index in [1.807, 2.05) is 0 Å². The summed E-state index contributed by atoms with van der Waals surface area (Å²) in [5.74, 6) is 1.30. The van der Waals surface area contributed by atoms with Crippen molar-refractivity contribution in [3.63, 3.8) is 0 Å². The maximum absolute atomic E-state index is 12.2. The average Bonchev–Trinajstić information content (AvgIpc) is 2.38. The van der Waals surface area contributed by atoms with Gasteiger partial charge in [-0.1, -0.05) is 19.8 Å². The van der Waals surface area contributed by atoms with Crippen LogP contribution in [0.4, 0.5) is 0 Å². The van der Waals surface area contributed by atoms with E-state index in [1.54, 1.807) is 0 Å². The zero-order valence-corrected chi connectivity index (χ0v) is 12.1. The van der Waals surface area contributed by atoms with Gasteiger partial charge in [-0.2, -0.15) is 0 Å². The Morgan fingerprint density at radius 1 is 1.22 bits per heavy atom. The van der Waals surface area contributed by atoms with Gasteiger partial charge >= 0.3 is 0 Å². The van der Waals surface area contributed by atoms with Crippen LogP contribution in [-0.2, 0) is 10.0 Å². The standard InChI is InChI=1S/C13H26N2O2S/c1-11-4-2-5-12(8-11)9-15-18(16,17)13-6-3-7-14-10-13/h11-15H,2-10H2,1H3. The molecule has 18 heavy (non-hydrogen) atoms. The average molecular weight is 274 g/mol. The zero-order chi connectivity index (χ0) is 13.0. The van der Waals surface area contributed by atoms with E-state index in [1.165, 1.54) is 25.7 Å². The molecule has 2 fully saturated rings. The smallest absolute Gasteiger partial charge is 0.215 e. The molecule has 2 N–H and O–H groups in total. The molecule has 1 aliphatic carbocycles. The molecule has 1 heterocycles. The molecule has 3 atom stereocenters. The molecule has 0 spiro atoms. The fourth-order valence-corrected chi connectivity index (χ4v) is 4.70. The molecule has 0 aromatic rings. The normalized spacial score (nSPS) is 34.4. The topological polar surface area (TPSA) is 58.2 Å². The highest BCUT2D eigenvalue weighted by molar-refractivity contribution is 7.90. The molecular formula is C13H26N2O2S. The highest BCUT2D eigenvalue weighted by atomic mass is 32.2.